The lowest BCUT2D eigenvalue weighted by Gasteiger charge is -2.19. The molecule has 0 atom stereocenters. The molecular formula is C28H32N2O3S. The average molecular weight is 477 g/mol. The van der Waals surface area contributed by atoms with Gasteiger partial charge >= 0.3 is 0 Å². The SMILES string of the molecule is COc1cc(CNC(=S)NC(=O)C(c2ccccc2)c2ccccc2)ccc1OCCC(C)C. The minimum atomic E-state index is -0.454. The van der Waals surface area contributed by atoms with Crippen LogP contribution < -0.4 is 20.1 Å². The highest BCUT2D eigenvalue weighted by Gasteiger charge is 2.23. The molecule has 0 spiro atoms. The fourth-order valence-electron chi connectivity index (χ4n) is 3.54. The van der Waals surface area contributed by atoms with E-state index in [9.17, 15) is 4.79 Å². The Morgan fingerprint density at radius 3 is 2.09 bits per heavy atom. The van der Waals surface area contributed by atoms with Crippen LogP contribution in [0.15, 0.2) is 78.9 Å². The minimum absolute atomic E-state index is 0.179. The summed E-state index contributed by atoms with van der Waals surface area (Å²) in [5.41, 5.74) is 2.78. The van der Waals surface area contributed by atoms with E-state index in [4.69, 9.17) is 21.7 Å². The van der Waals surface area contributed by atoms with Crippen molar-refractivity contribution in [3.05, 3.63) is 95.6 Å². The van der Waals surface area contributed by atoms with E-state index in [1.807, 2.05) is 78.9 Å². The van der Waals surface area contributed by atoms with Gasteiger partial charge in [0.15, 0.2) is 16.6 Å². The Balaban J connectivity index is 1.62. The van der Waals surface area contributed by atoms with E-state index in [1.54, 1.807) is 7.11 Å². The number of hydrogen-bond donors (Lipinski definition) is 2. The van der Waals surface area contributed by atoms with Crippen molar-refractivity contribution in [2.45, 2.75) is 32.7 Å². The predicted molar refractivity (Wildman–Crippen MR) is 140 cm³/mol. The molecule has 0 unspecified atom stereocenters. The van der Waals surface area contributed by atoms with Gasteiger partial charge in [0, 0.05) is 6.54 Å². The summed E-state index contributed by atoms with van der Waals surface area (Å²) in [6.45, 7) is 5.42. The van der Waals surface area contributed by atoms with Gasteiger partial charge in [-0.25, -0.2) is 0 Å². The van der Waals surface area contributed by atoms with Gasteiger partial charge in [0.05, 0.1) is 19.6 Å². The van der Waals surface area contributed by atoms with Crippen LogP contribution >= 0.6 is 12.2 Å². The smallest absolute Gasteiger partial charge is 0.238 e. The molecule has 0 bridgehead atoms. The molecule has 0 saturated carbocycles. The molecule has 3 aromatic rings. The molecule has 0 aliphatic heterocycles. The molecule has 3 aromatic carbocycles. The molecule has 0 fully saturated rings. The lowest BCUT2D eigenvalue weighted by Crippen LogP contribution is -2.41. The van der Waals surface area contributed by atoms with Crippen molar-refractivity contribution in [1.82, 2.24) is 10.6 Å². The number of carbonyl (C=O) groups excluding carboxylic acids is 1. The Kier molecular flexibility index (Phi) is 9.47. The van der Waals surface area contributed by atoms with Crippen LogP contribution in [0, 0.1) is 5.92 Å². The van der Waals surface area contributed by atoms with E-state index in [2.05, 4.69) is 24.5 Å². The molecule has 0 aromatic heterocycles. The maximum Gasteiger partial charge on any atom is 0.238 e. The fourth-order valence-corrected chi connectivity index (χ4v) is 3.72. The average Bonchev–Trinajstić information content (AvgIpc) is 2.84. The van der Waals surface area contributed by atoms with Crippen LogP contribution in [-0.2, 0) is 11.3 Å². The summed E-state index contributed by atoms with van der Waals surface area (Å²) in [6, 6.07) is 25.2. The Hall–Kier alpha value is -3.38. The Morgan fingerprint density at radius 2 is 1.53 bits per heavy atom. The first kappa shape index (κ1) is 25.2. The van der Waals surface area contributed by atoms with Crippen molar-refractivity contribution in [1.29, 1.82) is 0 Å². The van der Waals surface area contributed by atoms with Gasteiger partial charge in [0.2, 0.25) is 5.91 Å². The van der Waals surface area contributed by atoms with Gasteiger partial charge < -0.3 is 20.1 Å². The molecule has 0 saturated heterocycles. The standard InChI is InChI=1S/C28H32N2O3S/c1-20(2)16-17-33-24-15-14-21(18-25(24)32-3)19-29-28(34)30-27(31)26(22-10-6-4-7-11-22)23-12-8-5-9-13-23/h4-15,18,20,26H,16-17,19H2,1-3H3,(H2,29,30,31,34). The van der Waals surface area contributed by atoms with E-state index in [0.717, 1.165) is 28.9 Å². The molecule has 178 valence electrons. The van der Waals surface area contributed by atoms with Gasteiger partial charge in [0.25, 0.3) is 0 Å². The lowest BCUT2D eigenvalue weighted by atomic mass is 9.90. The van der Waals surface area contributed by atoms with Gasteiger partial charge in [-0.15, -0.1) is 0 Å². The quantitative estimate of drug-likeness (QED) is 0.382. The fraction of sp³-hybridized carbons (Fsp3) is 0.286. The molecule has 0 radical (unpaired) electrons. The van der Waals surface area contributed by atoms with Crippen molar-refractivity contribution in [3.8, 4) is 11.5 Å². The lowest BCUT2D eigenvalue weighted by molar-refractivity contribution is -0.120. The summed E-state index contributed by atoms with van der Waals surface area (Å²) in [6.07, 6.45) is 0.980. The monoisotopic (exact) mass is 476 g/mol. The van der Waals surface area contributed by atoms with E-state index >= 15 is 0 Å². The number of benzene rings is 3. The molecular weight excluding hydrogens is 444 g/mol. The van der Waals surface area contributed by atoms with Gasteiger partial charge in [-0.3, -0.25) is 4.79 Å². The zero-order valence-corrected chi connectivity index (χ0v) is 20.7. The summed E-state index contributed by atoms with van der Waals surface area (Å²) in [7, 11) is 1.63. The molecule has 6 heteroatoms. The van der Waals surface area contributed by atoms with Gasteiger partial charge in [-0.2, -0.15) is 0 Å². The molecule has 5 nitrogen and oxygen atoms in total. The van der Waals surface area contributed by atoms with Crippen molar-refractivity contribution in [2.75, 3.05) is 13.7 Å². The third-order valence-corrected chi connectivity index (χ3v) is 5.65. The van der Waals surface area contributed by atoms with Crippen LogP contribution in [0.4, 0.5) is 0 Å². The number of methoxy groups -OCH3 is 1. The summed E-state index contributed by atoms with van der Waals surface area (Å²) < 4.78 is 11.3. The number of carbonyl (C=O) groups is 1. The van der Waals surface area contributed by atoms with E-state index in [0.29, 0.717) is 24.8 Å². The highest BCUT2D eigenvalue weighted by molar-refractivity contribution is 7.80. The normalized spacial score (nSPS) is 10.7. The van der Waals surface area contributed by atoms with Crippen molar-refractivity contribution in [3.63, 3.8) is 0 Å². The Bertz CT molecular complexity index is 1030. The van der Waals surface area contributed by atoms with E-state index < -0.39 is 5.92 Å². The third kappa shape index (κ3) is 7.32. The maximum absolute atomic E-state index is 13.2. The topological polar surface area (TPSA) is 59.6 Å². The molecule has 0 aliphatic carbocycles. The highest BCUT2D eigenvalue weighted by atomic mass is 32.1. The number of thiocarbonyl (C=S) groups is 1. The third-order valence-electron chi connectivity index (χ3n) is 5.40. The number of ether oxygens (including phenoxy) is 2. The first-order valence-electron chi connectivity index (χ1n) is 11.5. The number of rotatable bonds is 10. The van der Waals surface area contributed by atoms with Crippen molar-refractivity contribution >= 4 is 23.2 Å². The number of hydrogen-bond acceptors (Lipinski definition) is 4. The molecule has 2 N–H and O–H groups in total. The second-order valence-electron chi connectivity index (χ2n) is 8.44. The van der Waals surface area contributed by atoms with Crippen molar-refractivity contribution in [2.24, 2.45) is 5.92 Å². The zero-order chi connectivity index (χ0) is 24.3. The largest absolute Gasteiger partial charge is 0.493 e. The Labute approximate surface area is 207 Å². The Morgan fingerprint density at radius 1 is 0.912 bits per heavy atom. The molecule has 0 heterocycles. The highest BCUT2D eigenvalue weighted by Crippen LogP contribution is 2.28. The van der Waals surface area contributed by atoms with Crippen LogP contribution in [0.1, 0.15) is 42.9 Å². The zero-order valence-electron chi connectivity index (χ0n) is 19.9. The second kappa shape index (κ2) is 12.8. The summed E-state index contributed by atoms with van der Waals surface area (Å²) in [4.78, 5) is 13.2. The van der Waals surface area contributed by atoms with Crippen LogP contribution in [-0.4, -0.2) is 24.7 Å². The van der Waals surface area contributed by atoms with E-state index in [1.165, 1.54) is 0 Å². The molecule has 1 amide bonds. The summed E-state index contributed by atoms with van der Waals surface area (Å²) >= 11 is 5.42. The van der Waals surface area contributed by atoms with Gasteiger partial charge in [0.1, 0.15) is 0 Å². The first-order chi connectivity index (χ1) is 16.5. The van der Waals surface area contributed by atoms with E-state index in [-0.39, 0.29) is 11.0 Å². The van der Waals surface area contributed by atoms with Crippen LogP contribution in [0.5, 0.6) is 11.5 Å². The number of amides is 1. The van der Waals surface area contributed by atoms with Gasteiger partial charge in [-0.1, -0.05) is 80.6 Å². The number of nitrogens with one attached hydrogen (secondary N) is 2. The van der Waals surface area contributed by atoms with Crippen LogP contribution in [0.25, 0.3) is 0 Å². The van der Waals surface area contributed by atoms with Crippen molar-refractivity contribution < 1.29 is 14.3 Å². The predicted octanol–water partition coefficient (Wildman–Crippen LogP) is 5.44. The minimum Gasteiger partial charge on any atom is -0.493 e. The molecule has 0 aliphatic rings. The van der Waals surface area contributed by atoms with Crippen LogP contribution in [0.2, 0.25) is 0 Å². The first-order valence-corrected chi connectivity index (χ1v) is 11.9. The summed E-state index contributed by atoms with van der Waals surface area (Å²) in [5.74, 6) is 1.34. The summed E-state index contributed by atoms with van der Waals surface area (Å²) in [5, 5.41) is 6.25. The van der Waals surface area contributed by atoms with Gasteiger partial charge in [-0.05, 0) is 53.4 Å². The molecule has 34 heavy (non-hydrogen) atoms. The maximum atomic E-state index is 13.2. The van der Waals surface area contributed by atoms with Crippen LogP contribution in [0.3, 0.4) is 0 Å². The second-order valence-corrected chi connectivity index (χ2v) is 8.85. The molecule has 3 rings (SSSR count).